The van der Waals surface area contributed by atoms with E-state index in [2.05, 4.69) is 15.5 Å². The van der Waals surface area contributed by atoms with Crippen molar-refractivity contribution in [3.8, 4) is 0 Å². The van der Waals surface area contributed by atoms with Crippen molar-refractivity contribution in [3.05, 3.63) is 34.9 Å². The molecule has 0 bridgehead atoms. The number of aryl methyl sites for hydroxylation is 2. The predicted molar refractivity (Wildman–Crippen MR) is 71.8 cm³/mol. The molecule has 0 unspecified atom stereocenters. The standard InChI is InChI=1S/C13H16F3N5O/c1-8-4-11(13(14,15)16)21(19-8)7-12(22)17-5-10-6-18-20(3)9(10)2/h4,6H,5,7H2,1-3H3,(H,17,22). The van der Waals surface area contributed by atoms with Crippen LogP contribution in [0.2, 0.25) is 0 Å². The molecule has 0 saturated heterocycles. The van der Waals surface area contributed by atoms with Crippen LogP contribution in [-0.2, 0) is 31.1 Å². The molecule has 120 valence electrons. The fourth-order valence-corrected chi connectivity index (χ4v) is 2.00. The van der Waals surface area contributed by atoms with Crippen LogP contribution in [0.5, 0.6) is 0 Å². The third-order valence-corrected chi connectivity index (χ3v) is 3.30. The Labute approximate surface area is 124 Å². The van der Waals surface area contributed by atoms with E-state index in [9.17, 15) is 18.0 Å². The quantitative estimate of drug-likeness (QED) is 0.931. The smallest absolute Gasteiger partial charge is 0.350 e. The maximum absolute atomic E-state index is 12.8. The summed E-state index contributed by atoms with van der Waals surface area (Å²) in [5.74, 6) is -0.545. The number of rotatable bonds is 4. The van der Waals surface area contributed by atoms with Gasteiger partial charge in [0.15, 0.2) is 0 Å². The fourth-order valence-electron chi connectivity index (χ4n) is 2.00. The Morgan fingerprint density at radius 1 is 1.36 bits per heavy atom. The minimum atomic E-state index is -4.54. The first-order valence-corrected chi connectivity index (χ1v) is 6.54. The molecule has 6 nitrogen and oxygen atoms in total. The summed E-state index contributed by atoms with van der Waals surface area (Å²) in [4.78, 5) is 11.8. The second-order valence-electron chi connectivity index (χ2n) is 4.98. The molecule has 0 fully saturated rings. The van der Waals surface area contributed by atoms with E-state index in [1.165, 1.54) is 6.92 Å². The Balaban J connectivity index is 2.02. The first-order chi connectivity index (χ1) is 10.2. The van der Waals surface area contributed by atoms with Crippen LogP contribution in [0, 0.1) is 13.8 Å². The number of nitrogens with zero attached hydrogens (tertiary/aromatic N) is 4. The van der Waals surface area contributed by atoms with Crippen molar-refractivity contribution < 1.29 is 18.0 Å². The van der Waals surface area contributed by atoms with E-state index < -0.39 is 24.3 Å². The Morgan fingerprint density at radius 3 is 2.59 bits per heavy atom. The van der Waals surface area contributed by atoms with Gasteiger partial charge in [-0.05, 0) is 19.9 Å². The van der Waals surface area contributed by atoms with Gasteiger partial charge in [-0.1, -0.05) is 0 Å². The van der Waals surface area contributed by atoms with Gasteiger partial charge in [0, 0.05) is 24.8 Å². The lowest BCUT2D eigenvalue weighted by molar-refractivity contribution is -0.144. The van der Waals surface area contributed by atoms with Gasteiger partial charge in [0.25, 0.3) is 0 Å². The zero-order valence-electron chi connectivity index (χ0n) is 12.4. The summed E-state index contributed by atoms with van der Waals surface area (Å²) in [6, 6.07) is 0.915. The topological polar surface area (TPSA) is 64.7 Å². The van der Waals surface area contributed by atoms with Crippen LogP contribution in [0.3, 0.4) is 0 Å². The molecule has 0 aromatic carbocycles. The average molecular weight is 315 g/mol. The van der Waals surface area contributed by atoms with E-state index in [4.69, 9.17) is 0 Å². The number of hydrogen-bond acceptors (Lipinski definition) is 3. The van der Waals surface area contributed by atoms with Gasteiger partial charge in [0.2, 0.25) is 5.91 Å². The average Bonchev–Trinajstić information content (AvgIpc) is 2.92. The number of halogens is 3. The van der Waals surface area contributed by atoms with Crippen LogP contribution in [0.15, 0.2) is 12.3 Å². The maximum atomic E-state index is 12.8. The van der Waals surface area contributed by atoms with Crippen LogP contribution >= 0.6 is 0 Å². The monoisotopic (exact) mass is 315 g/mol. The van der Waals surface area contributed by atoms with Crippen LogP contribution in [0.1, 0.15) is 22.6 Å². The van der Waals surface area contributed by atoms with Crippen LogP contribution in [-0.4, -0.2) is 25.5 Å². The minimum absolute atomic E-state index is 0.208. The van der Waals surface area contributed by atoms with Gasteiger partial charge in [0.1, 0.15) is 12.2 Å². The highest BCUT2D eigenvalue weighted by atomic mass is 19.4. The van der Waals surface area contributed by atoms with Crippen LogP contribution in [0.4, 0.5) is 13.2 Å². The third kappa shape index (κ3) is 3.46. The number of carbonyl (C=O) groups excluding carboxylic acids is 1. The normalized spacial score (nSPS) is 11.7. The van der Waals surface area contributed by atoms with E-state index in [0.29, 0.717) is 4.68 Å². The van der Waals surface area contributed by atoms with Gasteiger partial charge in [0.05, 0.1) is 11.9 Å². The SMILES string of the molecule is Cc1cc(C(F)(F)F)n(CC(=O)NCc2cnn(C)c2C)n1. The predicted octanol–water partition coefficient (Wildman–Crippen LogP) is 1.57. The van der Waals surface area contributed by atoms with Crippen LogP contribution in [0.25, 0.3) is 0 Å². The highest BCUT2D eigenvalue weighted by Crippen LogP contribution is 2.29. The highest BCUT2D eigenvalue weighted by molar-refractivity contribution is 5.75. The Bertz CT molecular complexity index is 686. The molecule has 1 N–H and O–H groups in total. The van der Waals surface area contributed by atoms with Crippen molar-refractivity contribution >= 4 is 5.91 Å². The zero-order valence-corrected chi connectivity index (χ0v) is 12.4. The number of alkyl halides is 3. The van der Waals surface area contributed by atoms with Crippen molar-refractivity contribution in [1.82, 2.24) is 24.9 Å². The molecule has 22 heavy (non-hydrogen) atoms. The largest absolute Gasteiger partial charge is 0.433 e. The second kappa shape index (κ2) is 5.82. The van der Waals surface area contributed by atoms with Crippen LogP contribution < -0.4 is 5.32 Å². The van der Waals surface area contributed by atoms with Gasteiger partial charge >= 0.3 is 6.18 Å². The first kappa shape index (κ1) is 16.1. The molecule has 1 amide bonds. The van der Waals surface area contributed by atoms with Gasteiger partial charge in [-0.2, -0.15) is 23.4 Å². The van der Waals surface area contributed by atoms with Crippen molar-refractivity contribution in [3.63, 3.8) is 0 Å². The molecule has 0 atom stereocenters. The third-order valence-electron chi connectivity index (χ3n) is 3.30. The fraction of sp³-hybridized carbons (Fsp3) is 0.462. The highest BCUT2D eigenvalue weighted by Gasteiger charge is 2.35. The molecule has 0 radical (unpaired) electrons. The lowest BCUT2D eigenvalue weighted by Gasteiger charge is -2.10. The van der Waals surface area contributed by atoms with E-state index >= 15 is 0 Å². The molecule has 2 rings (SSSR count). The molecular formula is C13H16F3N5O. The lowest BCUT2D eigenvalue weighted by Crippen LogP contribution is -2.29. The molecule has 0 spiro atoms. The van der Waals surface area contributed by atoms with Crippen molar-refractivity contribution in [1.29, 1.82) is 0 Å². The van der Waals surface area contributed by atoms with Crippen molar-refractivity contribution in [2.45, 2.75) is 33.1 Å². The number of carbonyl (C=O) groups is 1. The number of aromatic nitrogens is 4. The van der Waals surface area contributed by atoms with Gasteiger partial charge < -0.3 is 5.32 Å². The van der Waals surface area contributed by atoms with Gasteiger partial charge in [-0.15, -0.1) is 0 Å². The summed E-state index contributed by atoms with van der Waals surface area (Å²) in [6.45, 7) is 3.01. The molecule has 0 aliphatic heterocycles. The summed E-state index contributed by atoms with van der Waals surface area (Å²) in [5, 5.41) is 10.3. The lowest BCUT2D eigenvalue weighted by atomic mass is 10.2. The van der Waals surface area contributed by atoms with Gasteiger partial charge in [-0.25, -0.2) is 0 Å². The summed E-state index contributed by atoms with van der Waals surface area (Å²) in [6.07, 6.45) is -2.93. The second-order valence-corrected chi connectivity index (χ2v) is 4.98. The van der Waals surface area contributed by atoms with E-state index in [1.807, 2.05) is 6.92 Å². The van der Waals surface area contributed by atoms with Crippen molar-refractivity contribution in [2.24, 2.45) is 7.05 Å². The molecule has 0 saturated carbocycles. The summed E-state index contributed by atoms with van der Waals surface area (Å²) in [5.41, 5.74) is 0.968. The summed E-state index contributed by atoms with van der Waals surface area (Å²) >= 11 is 0. The first-order valence-electron chi connectivity index (χ1n) is 6.54. The van der Waals surface area contributed by atoms with Gasteiger partial charge in [-0.3, -0.25) is 14.2 Å². The van der Waals surface area contributed by atoms with E-state index in [1.54, 1.807) is 17.9 Å². The Morgan fingerprint density at radius 2 is 2.05 bits per heavy atom. The molecule has 0 aliphatic carbocycles. The molecule has 2 aromatic rings. The molecule has 2 heterocycles. The minimum Gasteiger partial charge on any atom is -0.350 e. The molecule has 0 aliphatic rings. The maximum Gasteiger partial charge on any atom is 0.433 e. The Hall–Kier alpha value is -2.32. The summed E-state index contributed by atoms with van der Waals surface area (Å²) in [7, 11) is 1.77. The van der Waals surface area contributed by atoms with E-state index in [0.717, 1.165) is 17.3 Å². The number of hydrogen-bond donors (Lipinski definition) is 1. The zero-order chi connectivity index (χ0) is 16.5. The molecular weight excluding hydrogens is 299 g/mol. The van der Waals surface area contributed by atoms with Crippen molar-refractivity contribution in [2.75, 3.05) is 0 Å². The Kier molecular flexibility index (Phi) is 4.25. The number of amides is 1. The molecule has 2 aromatic heterocycles. The van der Waals surface area contributed by atoms with E-state index in [-0.39, 0.29) is 12.2 Å². The molecule has 9 heteroatoms. The number of nitrogens with one attached hydrogen (secondary N) is 1. The summed E-state index contributed by atoms with van der Waals surface area (Å²) < 4.78 is 40.8.